The molecule has 22 heavy (non-hydrogen) atoms. The van der Waals surface area contributed by atoms with E-state index in [1.54, 1.807) is 0 Å². The molecule has 8 heteroatoms. The monoisotopic (exact) mass is 321 g/mol. The molecule has 0 saturated heterocycles. The van der Waals surface area contributed by atoms with Crippen molar-refractivity contribution >= 4 is 11.9 Å². The highest BCUT2D eigenvalue weighted by Crippen LogP contribution is 2.30. The number of alkyl halides is 4. The van der Waals surface area contributed by atoms with Gasteiger partial charge in [-0.3, -0.25) is 9.59 Å². The van der Waals surface area contributed by atoms with Gasteiger partial charge < -0.3 is 10.0 Å². The van der Waals surface area contributed by atoms with Crippen LogP contribution in [0.4, 0.5) is 17.6 Å². The molecule has 0 radical (unpaired) electrons. The normalized spacial score (nSPS) is 14.3. The molecule has 1 N–H and O–H groups in total. The SMILES string of the molecule is CC(CN(C)C(=O)C(F)c1ccc(C(F)(F)F)cc1)C(=O)O. The summed E-state index contributed by atoms with van der Waals surface area (Å²) < 4.78 is 51.2. The lowest BCUT2D eigenvalue weighted by atomic mass is 10.1. The Morgan fingerprint density at radius 2 is 1.73 bits per heavy atom. The fourth-order valence-electron chi connectivity index (χ4n) is 1.76. The zero-order chi connectivity index (χ0) is 17.1. The third kappa shape index (κ3) is 4.44. The predicted molar refractivity (Wildman–Crippen MR) is 69.7 cm³/mol. The van der Waals surface area contributed by atoms with E-state index in [0.717, 1.165) is 17.0 Å². The Morgan fingerprint density at radius 1 is 1.23 bits per heavy atom. The molecule has 2 unspecified atom stereocenters. The molecule has 4 nitrogen and oxygen atoms in total. The Balaban J connectivity index is 2.80. The second-order valence-corrected chi connectivity index (χ2v) is 4.94. The number of carbonyl (C=O) groups is 2. The van der Waals surface area contributed by atoms with Gasteiger partial charge in [0.15, 0.2) is 0 Å². The number of rotatable bonds is 5. The number of nitrogens with zero attached hydrogens (tertiary/aromatic N) is 1. The largest absolute Gasteiger partial charge is 0.481 e. The maximum absolute atomic E-state index is 14.0. The number of halogens is 4. The summed E-state index contributed by atoms with van der Waals surface area (Å²) >= 11 is 0. The van der Waals surface area contributed by atoms with E-state index >= 15 is 0 Å². The molecule has 0 aromatic heterocycles. The summed E-state index contributed by atoms with van der Waals surface area (Å²) in [4.78, 5) is 23.4. The van der Waals surface area contributed by atoms with Crippen molar-refractivity contribution in [2.75, 3.05) is 13.6 Å². The standard InChI is InChI=1S/C14H15F4NO3/c1-8(13(21)22)7-19(2)12(20)11(15)9-3-5-10(6-4-9)14(16,17)18/h3-6,8,11H,7H2,1-2H3,(H,21,22). The first-order chi connectivity index (χ1) is 10.0. The Kier molecular flexibility index (Phi) is 5.51. The van der Waals surface area contributed by atoms with Crippen LogP contribution in [0.1, 0.15) is 24.2 Å². The summed E-state index contributed by atoms with van der Waals surface area (Å²) in [6.45, 7) is 1.16. The molecule has 0 aliphatic heterocycles. The smallest absolute Gasteiger partial charge is 0.416 e. The van der Waals surface area contributed by atoms with Gasteiger partial charge in [-0.25, -0.2) is 4.39 Å². The third-order valence-corrected chi connectivity index (χ3v) is 3.09. The molecule has 0 aliphatic rings. The van der Waals surface area contributed by atoms with Crippen LogP contribution >= 0.6 is 0 Å². The Morgan fingerprint density at radius 3 is 2.14 bits per heavy atom. The number of carboxylic acids is 1. The zero-order valence-electron chi connectivity index (χ0n) is 11.9. The van der Waals surface area contributed by atoms with Crippen LogP contribution in [0.3, 0.4) is 0 Å². The van der Waals surface area contributed by atoms with Crippen LogP contribution in [0.2, 0.25) is 0 Å². The molecule has 1 aromatic carbocycles. The number of aliphatic carboxylic acids is 1. The summed E-state index contributed by atoms with van der Waals surface area (Å²) in [5.41, 5.74) is -1.16. The van der Waals surface area contributed by atoms with Crippen LogP contribution in [-0.4, -0.2) is 35.5 Å². The van der Waals surface area contributed by atoms with Gasteiger partial charge in [0.2, 0.25) is 6.17 Å². The van der Waals surface area contributed by atoms with Gasteiger partial charge in [0, 0.05) is 13.6 Å². The number of hydrogen-bond donors (Lipinski definition) is 1. The first-order valence-electron chi connectivity index (χ1n) is 6.33. The highest BCUT2D eigenvalue weighted by molar-refractivity contribution is 5.82. The molecule has 0 heterocycles. The van der Waals surface area contributed by atoms with Crippen molar-refractivity contribution in [3.63, 3.8) is 0 Å². The Bertz CT molecular complexity index is 542. The quantitative estimate of drug-likeness (QED) is 0.849. The van der Waals surface area contributed by atoms with Gasteiger partial charge in [-0.1, -0.05) is 19.1 Å². The van der Waals surface area contributed by atoms with Gasteiger partial charge in [0.1, 0.15) is 0 Å². The molecule has 1 aromatic rings. The maximum atomic E-state index is 14.0. The minimum atomic E-state index is -4.54. The summed E-state index contributed by atoms with van der Waals surface area (Å²) in [6, 6.07) is 3.16. The Labute approximate surface area is 124 Å². The van der Waals surface area contributed by atoms with Crippen LogP contribution in [0.5, 0.6) is 0 Å². The van der Waals surface area contributed by atoms with Crippen molar-refractivity contribution < 1.29 is 32.3 Å². The van der Waals surface area contributed by atoms with Gasteiger partial charge >= 0.3 is 12.1 Å². The molecule has 0 bridgehead atoms. The van der Waals surface area contributed by atoms with Crippen molar-refractivity contribution in [2.24, 2.45) is 5.92 Å². The van der Waals surface area contributed by atoms with Crippen LogP contribution < -0.4 is 0 Å². The molecule has 1 amide bonds. The van der Waals surface area contributed by atoms with Gasteiger partial charge in [-0.15, -0.1) is 0 Å². The number of amides is 1. The number of hydrogen-bond acceptors (Lipinski definition) is 2. The highest BCUT2D eigenvalue weighted by Gasteiger charge is 2.31. The average molecular weight is 321 g/mol. The number of carbonyl (C=O) groups excluding carboxylic acids is 1. The topological polar surface area (TPSA) is 57.6 Å². The van der Waals surface area contributed by atoms with Crippen molar-refractivity contribution in [3.05, 3.63) is 35.4 Å². The summed E-state index contributed by atoms with van der Waals surface area (Å²) in [5, 5.41) is 8.74. The number of benzene rings is 1. The summed E-state index contributed by atoms with van der Waals surface area (Å²) in [6.07, 6.45) is -6.68. The summed E-state index contributed by atoms with van der Waals surface area (Å²) in [5.74, 6) is -3.02. The maximum Gasteiger partial charge on any atom is 0.416 e. The molecule has 0 fully saturated rings. The minimum absolute atomic E-state index is 0.199. The fraction of sp³-hybridized carbons (Fsp3) is 0.429. The minimum Gasteiger partial charge on any atom is -0.481 e. The van der Waals surface area contributed by atoms with Gasteiger partial charge in [0.05, 0.1) is 11.5 Å². The van der Waals surface area contributed by atoms with Crippen LogP contribution in [0.15, 0.2) is 24.3 Å². The van der Waals surface area contributed by atoms with Crippen molar-refractivity contribution in [3.8, 4) is 0 Å². The first-order valence-corrected chi connectivity index (χ1v) is 6.33. The van der Waals surface area contributed by atoms with E-state index in [1.807, 2.05) is 0 Å². The molecule has 0 spiro atoms. The predicted octanol–water partition coefficient (Wildman–Crippen LogP) is 2.90. The number of likely N-dealkylation sites (N-methyl/N-ethyl adjacent to an activating group) is 1. The molecular weight excluding hydrogens is 306 g/mol. The average Bonchev–Trinajstić information content (AvgIpc) is 2.44. The van der Waals surface area contributed by atoms with E-state index in [9.17, 15) is 27.2 Å². The second-order valence-electron chi connectivity index (χ2n) is 4.94. The van der Waals surface area contributed by atoms with Gasteiger partial charge in [-0.05, 0) is 17.7 Å². The zero-order valence-corrected chi connectivity index (χ0v) is 11.9. The highest BCUT2D eigenvalue weighted by atomic mass is 19.4. The number of carboxylic acid groups (broad SMARTS) is 1. The van der Waals surface area contributed by atoms with E-state index in [1.165, 1.54) is 14.0 Å². The lowest BCUT2D eigenvalue weighted by molar-refractivity contribution is -0.143. The molecule has 0 saturated carbocycles. The van der Waals surface area contributed by atoms with Gasteiger partial charge in [0.25, 0.3) is 5.91 Å². The molecule has 1 rings (SSSR count). The first kappa shape index (κ1) is 17.9. The lowest BCUT2D eigenvalue weighted by Gasteiger charge is -2.21. The van der Waals surface area contributed by atoms with E-state index in [-0.39, 0.29) is 12.1 Å². The molecule has 2 atom stereocenters. The van der Waals surface area contributed by atoms with Gasteiger partial charge in [-0.2, -0.15) is 13.2 Å². The molecular formula is C14H15F4NO3. The molecule has 0 aliphatic carbocycles. The Hall–Kier alpha value is -2.12. The lowest BCUT2D eigenvalue weighted by Crippen LogP contribution is -2.35. The van der Waals surface area contributed by atoms with E-state index in [0.29, 0.717) is 12.1 Å². The van der Waals surface area contributed by atoms with Crippen LogP contribution in [-0.2, 0) is 15.8 Å². The van der Waals surface area contributed by atoms with Crippen molar-refractivity contribution in [1.29, 1.82) is 0 Å². The van der Waals surface area contributed by atoms with E-state index in [4.69, 9.17) is 5.11 Å². The summed E-state index contributed by atoms with van der Waals surface area (Å²) in [7, 11) is 1.23. The third-order valence-electron chi connectivity index (χ3n) is 3.09. The van der Waals surface area contributed by atoms with E-state index < -0.39 is 35.7 Å². The fourth-order valence-corrected chi connectivity index (χ4v) is 1.76. The van der Waals surface area contributed by atoms with Crippen LogP contribution in [0.25, 0.3) is 0 Å². The second kappa shape index (κ2) is 6.76. The van der Waals surface area contributed by atoms with Crippen molar-refractivity contribution in [1.82, 2.24) is 4.90 Å². The van der Waals surface area contributed by atoms with E-state index in [2.05, 4.69) is 0 Å². The molecule has 122 valence electrons. The van der Waals surface area contributed by atoms with Crippen molar-refractivity contribution in [2.45, 2.75) is 19.3 Å². The van der Waals surface area contributed by atoms with Crippen LogP contribution in [0, 0.1) is 5.92 Å².